The molecule has 6 heteroatoms. The molecule has 0 aliphatic carbocycles. The minimum atomic E-state index is -0.511. The van der Waals surface area contributed by atoms with Crippen molar-refractivity contribution in [1.29, 1.82) is 0 Å². The van der Waals surface area contributed by atoms with E-state index in [1.54, 1.807) is 63.2 Å². The smallest absolute Gasteiger partial charge is 0.338 e. The van der Waals surface area contributed by atoms with Crippen LogP contribution < -0.4 is 9.47 Å². The lowest BCUT2D eigenvalue weighted by Gasteiger charge is -2.14. The Kier molecular flexibility index (Phi) is 6.32. The van der Waals surface area contributed by atoms with Crippen LogP contribution in [0, 0.1) is 0 Å². The van der Waals surface area contributed by atoms with Gasteiger partial charge in [0, 0.05) is 33.4 Å². The molecule has 2 aromatic heterocycles. The molecule has 0 fully saturated rings. The van der Waals surface area contributed by atoms with Crippen LogP contribution in [0.1, 0.15) is 13.8 Å². The van der Waals surface area contributed by atoms with Gasteiger partial charge in [0.05, 0.1) is 25.1 Å². The summed E-state index contributed by atoms with van der Waals surface area (Å²) >= 11 is 0. The average molecular weight is 454 g/mol. The van der Waals surface area contributed by atoms with Crippen LogP contribution in [0.25, 0.3) is 33.4 Å². The summed E-state index contributed by atoms with van der Waals surface area (Å²) in [5, 5.41) is 0. The van der Waals surface area contributed by atoms with Crippen LogP contribution in [0.3, 0.4) is 0 Å². The van der Waals surface area contributed by atoms with Crippen LogP contribution in [-0.2, 0) is 9.59 Å². The number of esters is 2. The Hall–Kier alpha value is -4.58. The monoisotopic (exact) mass is 454 g/mol. The third-order valence-electron chi connectivity index (χ3n) is 5.06. The zero-order valence-electron chi connectivity index (χ0n) is 18.8. The molecule has 170 valence electrons. The topological polar surface area (TPSA) is 78.9 Å². The van der Waals surface area contributed by atoms with Crippen molar-refractivity contribution in [3.63, 3.8) is 0 Å². The highest BCUT2D eigenvalue weighted by atomic mass is 16.5. The van der Waals surface area contributed by atoms with Crippen molar-refractivity contribution >= 4 is 11.9 Å². The second kappa shape index (κ2) is 9.50. The van der Waals surface area contributed by atoms with Crippen molar-refractivity contribution in [3.8, 4) is 44.9 Å². The van der Waals surface area contributed by atoms with Crippen LogP contribution in [0.15, 0.2) is 107 Å². The highest BCUT2D eigenvalue weighted by molar-refractivity contribution is 5.92. The van der Waals surface area contributed by atoms with Gasteiger partial charge in [-0.3, -0.25) is 0 Å². The van der Waals surface area contributed by atoms with E-state index in [0.29, 0.717) is 33.8 Å². The van der Waals surface area contributed by atoms with Crippen molar-refractivity contribution in [2.45, 2.75) is 13.8 Å². The van der Waals surface area contributed by atoms with Crippen LogP contribution in [-0.4, -0.2) is 11.9 Å². The highest BCUT2D eigenvalue weighted by Gasteiger charge is 2.17. The quantitative estimate of drug-likeness (QED) is 0.173. The van der Waals surface area contributed by atoms with Crippen molar-refractivity contribution in [3.05, 3.63) is 97.9 Å². The van der Waals surface area contributed by atoms with Gasteiger partial charge in [-0.15, -0.1) is 0 Å². The molecule has 0 spiro atoms. The molecule has 34 heavy (non-hydrogen) atoms. The van der Waals surface area contributed by atoms with Gasteiger partial charge in [-0.25, -0.2) is 9.59 Å². The minimum Gasteiger partial charge on any atom is -0.472 e. The number of benzene rings is 2. The largest absolute Gasteiger partial charge is 0.472 e. The van der Waals surface area contributed by atoms with Crippen molar-refractivity contribution < 1.29 is 27.9 Å². The molecule has 0 bridgehead atoms. The summed E-state index contributed by atoms with van der Waals surface area (Å²) in [6, 6.07) is 14.5. The number of carbonyl (C=O) groups is 2. The molecule has 2 aromatic carbocycles. The fraction of sp³-hybridized carbons (Fsp3) is 0.0714. The van der Waals surface area contributed by atoms with Gasteiger partial charge in [0.1, 0.15) is 11.5 Å². The minimum absolute atomic E-state index is 0.298. The number of hydrogen-bond acceptors (Lipinski definition) is 6. The summed E-state index contributed by atoms with van der Waals surface area (Å²) in [7, 11) is 0. The molecule has 4 rings (SSSR count). The summed E-state index contributed by atoms with van der Waals surface area (Å²) in [6.07, 6.45) is 6.25. The summed E-state index contributed by atoms with van der Waals surface area (Å²) in [5.74, 6) is -0.243. The molecule has 0 aliphatic rings. The van der Waals surface area contributed by atoms with Gasteiger partial charge < -0.3 is 18.3 Å². The number of carbonyl (C=O) groups excluding carboxylic acids is 2. The SMILES string of the molecule is C=C(C)C(=O)Oc1ccc(-c2ccc(OC(=O)C(=C)C)c(-c3ccoc3)c2)cc1-c1ccoc1. The number of hydrogen-bond donors (Lipinski definition) is 0. The Bertz CT molecular complexity index is 1270. The van der Waals surface area contributed by atoms with E-state index in [-0.39, 0.29) is 0 Å². The number of rotatable bonds is 7. The third-order valence-corrected chi connectivity index (χ3v) is 5.06. The first-order chi connectivity index (χ1) is 16.3. The van der Waals surface area contributed by atoms with Gasteiger partial charge in [-0.05, 0) is 61.4 Å². The number of ether oxygens (including phenoxy) is 2. The lowest BCUT2D eigenvalue weighted by molar-refractivity contribution is -0.130. The van der Waals surface area contributed by atoms with Gasteiger partial charge in [0.15, 0.2) is 0 Å². The van der Waals surface area contributed by atoms with Crippen LogP contribution >= 0.6 is 0 Å². The molecular formula is C28H22O6. The van der Waals surface area contributed by atoms with Crippen molar-refractivity contribution in [2.75, 3.05) is 0 Å². The first-order valence-corrected chi connectivity index (χ1v) is 10.4. The van der Waals surface area contributed by atoms with Crippen LogP contribution in [0.5, 0.6) is 11.5 Å². The van der Waals surface area contributed by atoms with E-state index in [0.717, 1.165) is 22.3 Å². The van der Waals surface area contributed by atoms with Gasteiger partial charge in [0.25, 0.3) is 0 Å². The highest BCUT2D eigenvalue weighted by Crippen LogP contribution is 2.39. The summed E-state index contributed by atoms with van der Waals surface area (Å²) < 4.78 is 21.5. The second-order valence-electron chi connectivity index (χ2n) is 7.79. The van der Waals surface area contributed by atoms with E-state index in [2.05, 4.69) is 13.2 Å². The zero-order valence-corrected chi connectivity index (χ0v) is 18.8. The molecule has 0 radical (unpaired) electrons. The Balaban J connectivity index is 1.79. The predicted octanol–water partition coefficient (Wildman–Crippen LogP) is 6.84. The maximum atomic E-state index is 12.1. The normalized spacial score (nSPS) is 10.5. The van der Waals surface area contributed by atoms with E-state index in [9.17, 15) is 9.59 Å². The van der Waals surface area contributed by atoms with Gasteiger partial charge in [-0.2, -0.15) is 0 Å². The average Bonchev–Trinajstić information content (AvgIpc) is 3.54. The van der Waals surface area contributed by atoms with Crippen LogP contribution in [0.2, 0.25) is 0 Å². The Morgan fingerprint density at radius 1 is 0.647 bits per heavy atom. The van der Waals surface area contributed by atoms with Crippen molar-refractivity contribution in [1.82, 2.24) is 0 Å². The standard InChI is InChI=1S/C28H22O6/c1-17(2)27(29)33-25-7-5-19(13-23(25)21-9-11-31-15-21)20-6-8-26(34-28(30)18(3)4)24(14-20)22-10-12-32-16-22/h5-16H,1,3H2,2,4H3. The van der Waals surface area contributed by atoms with E-state index in [1.807, 2.05) is 24.3 Å². The molecule has 2 heterocycles. The lowest BCUT2D eigenvalue weighted by atomic mass is 9.96. The van der Waals surface area contributed by atoms with E-state index < -0.39 is 11.9 Å². The first kappa shape index (κ1) is 22.6. The molecule has 0 aliphatic heterocycles. The fourth-order valence-electron chi connectivity index (χ4n) is 3.26. The second-order valence-corrected chi connectivity index (χ2v) is 7.79. The van der Waals surface area contributed by atoms with E-state index >= 15 is 0 Å². The van der Waals surface area contributed by atoms with E-state index in [1.165, 1.54) is 0 Å². The molecular weight excluding hydrogens is 432 g/mol. The van der Waals surface area contributed by atoms with Gasteiger partial charge in [-0.1, -0.05) is 25.3 Å². The Morgan fingerprint density at radius 2 is 1.06 bits per heavy atom. The molecule has 0 saturated carbocycles. The molecule has 0 unspecified atom stereocenters. The summed E-state index contributed by atoms with van der Waals surface area (Å²) in [5.41, 5.74) is 5.19. The zero-order chi connectivity index (χ0) is 24.2. The summed E-state index contributed by atoms with van der Waals surface area (Å²) in [4.78, 5) is 24.3. The fourth-order valence-corrected chi connectivity index (χ4v) is 3.26. The molecule has 4 aromatic rings. The Morgan fingerprint density at radius 3 is 1.38 bits per heavy atom. The molecule has 0 saturated heterocycles. The molecule has 0 atom stereocenters. The van der Waals surface area contributed by atoms with Gasteiger partial charge in [0.2, 0.25) is 0 Å². The van der Waals surface area contributed by atoms with Gasteiger partial charge >= 0.3 is 11.9 Å². The lowest BCUT2D eigenvalue weighted by Crippen LogP contribution is -2.09. The molecule has 6 nitrogen and oxygen atoms in total. The third kappa shape index (κ3) is 4.76. The van der Waals surface area contributed by atoms with Crippen LogP contribution in [0.4, 0.5) is 0 Å². The first-order valence-electron chi connectivity index (χ1n) is 10.4. The Labute approximate surface area is 196 Å². The molecule has 0 amide bonds. The number of furan rings is 2. The maximum absolute atomic E-state index is 12.1. The molecule has 0 N–H and O–H groups in total. The predicted molar refractivity (Wildman–Crippen MR) is 128 cm³/mol. The van der Waals surface area contributed by atoms with Crippen molar-refractivity contribution in [2.24, 2.45) is 0 Å². The summed E-state index contributed by atoms with van der Waals surface area (Å²) in [6.45, 7) is 10.5. The van der Waals surface area contributed by atoms with E-state index in [4.69, 9.17) is 18.3 Å². The maximum Gasteiger partial charge on any atom is 0.338 e.